The maximum absolute atomic E-state index is 11.8. The van der Waals surface area contributed by atoms with Crippen LogP contribution in [0.4, 0.5) is 0 Å². The minimum Gasteiger partial charge on any atom is -0.293 e. The lowest BCUT2D eigenvalue weighted by Crippen LogP contribution is -2.20. The van der Waals surface area contributed by atoms with Gasteiger partial charge in [0.25, 0.3) is 0 Å². The Kier molecular flexibility index (Phi) is 1.18. The first-order valence-corrected chi connectivity index (χ1v) is 4.72. The van der Waals surface area contributed by atoms with Gasteiger partial charge in [0.15, 0.2) is 5.78 Å². The molecule has 0 aromatic carbocycles. The Hall–Kier alpha value is -1.29. The summed E-state index contributed by atoms with van der Waals surface area (Å²) in [7, 11) is 0. The van der Waals surface area contributed by atoms with Gasteiger partial charge in [-0.2, -0.15) is 0 Å². The van der Waals surface area contributed by atoms with Crippen LogP contribution in [-0.2, 0) is 4.79 Å². The Bertz CT molecular complexity index is 380. The van der Waals surface area contributed by atoms with Crippen molar-refractivity contribution in [2.75, 3.05) is 0 Å². The van der Waals surface area contributed by atoms with Crippen LogP contribution in [0.1, 0.15) is 6.42 Å². The quantitative estimate of drug-likeness (QED) is 0.398. The second-order valence-electron chi connectivity index (χ2n) is 4.14. The first kappa shape index (κ1) is 7.15. The number of hydrogen-bond acceptors (Lipinski definition) is 1. The van der Waals surface area contributed by atoms with Gasteiger partial charge in [-0.3, -0.25) is 4.79 Å². The molecule has 0 aliphatic heterocycles. The number of Topliss-reactive ketones (excluding diaryl/α,β-unsaturated/α-hetero) is 1. The van der Waals surface area contributed by atoms with E-state index < -0.39 is 0 Å². The molecule has 0 saturated heterocycles. The summed E-state index contributed by atoms with van der Waals surface area (Å²) < 4.78 is 0. The van der Waals surface area contributed by atoms with E-state index in [0.717, 1.165) is 6.42 Å². The van der Waals surface area contributed by atoms with Gasteiger partial charge in [-0.1, -0.05) is 24.1 Å². The molecule has 4 atom stereocenters. The summed E-state index contributed by atoms with van der Waals surface area (Å²) in [4.78, 5) is 11.8. The molecule has 64 valence electrons. The SMILES string of the molecule is C#CC1=CC2C3C=CC(C3)C2C1=O. The van der Waals surface area contributed by atoms with Crippen LogP contribution in [0.25, 0.3) is 0 Å². The lowest BCUT2D eigenvalue weighted by molar-refractivity contribution is -0.119. The minimum absolute atomic E-state index is 0.195. The van der Waals surface area contributed by atoms with Crippen LogP contribution in [0.2, 0.25) is 0 Å². The number of hydrogen-bond donors (Lipinski definition) is 0. The summed E-state index contributed by atoms with van der Waals surface area (Å²) in [6, 6.07) is 0. The molecule has 0 aromatic heterocycles. The Morgan fingerprint density at radius 3 is 2.85 bits per heavy atom. The van der Waals surface area contributed by atoms with Gasteiger partial charge in [0.05, 0.1) is 5.57 Å². The molecule has 3 aliphatic rings. The molecule has 0 radical (unpaired) electrons. The Labute approximate surface area is 77.5 Å². The topological polar surface area (TPSA) is 17.1 Å². The summed E-state index contributed by atoms with van der Waals surface area (Å²) in [5.74, 6) is 4.39. The van der Waals surface area contributed by atoms with Gasteiger partial charge in [0.2, 0.25) is 0 Å². The first-order chi connectivity index (χ1) is 6.31. The fourth-order valence-corrected chi connectivity index (χ4v) is 3.03. The fraction of sp³-hybridized carbons (Fsp3) is 0.417. The van der Waals surface area contributed by atoms with Gasteiger partial charge in [0.1, 0.15) is 0 Å². The van der Waals surface area contributed by atoms with E-state index in [4.69, 9.17) is 6.42 Å². The van der Waals surface area contributed by atoms with Gasteiger partial charge in [-0.05, 0) is 24.2 Å². The second kappa shape index (κ2) is 2.14. The van der Waals surface area contributed by atoms with E-state index >= 15 is 0 Å². The molecule has 0 spiro atoms. The van der Waals surface area contributed by atoms with Crippen molar-refractivity contribution in [2.45, 2.75) is 6.42 Å². The zero-order valence-electron chi connectivity index (χ0n) is 7.23. The molecule has 13 heavy (non-hydrogen) atoms. The van der Waals surface area contributed by atoms with Crippen molar-refractivity contribution >= 4 is 5.78 Å². The van der Waals surface area contributed by atoms with E-state index in [-0.39, 0.29) is 11.7 Å². The second-order valence-corrected chi connectivity index (χ2v) is 4.14. The van der Waals surface area contributed by atoms with Crippen LogP contribution in [0.3, 0.4) is 0 Å². The Balaban J connectivity index is 2.06. The number of allylic oxidation sites excluding steroid dienone is 4. The van der Waals surface area contributed by atoms with E-state index in [1.165, 1.54) is 0 Å². The minimum atomic E-state index is 0.195. The van der Waals surface area contributed by atoms with E-state index in [0.29, 0.717) is 23.3 Å². The van der Waals surface area contributed by atoms with Crippen molar-refractivity contribution in [3.05, 3.63) is 23.8 Å². The van der Waals surface area contributed by atoms with Crippen LogP contribution in [0.15, 0.2) is 23.8 Å². The van der Waals surface area contributed by atoms with Crippen molar-refractivity contribution in [1.82, 2.24) is 0 Å². The molecule has 0 aromatic rings. The molecule has 0 heterocycles. The lowest BCUT2D eigenvalue weighted by Gasteiger charge is -2.17. The number of carbonyl (C=O) groups excluding carboxylic acids is 1. The number of fused-ring (bicyclic) bond motifs is 5. The van der Waals surface area contributed by atoms with Crippen molar-refractivity contribution in [3.8, 4) is 12.3 Å². The predicted molar refractivity (Wildman–Crippen MR) is 49.6 cm³/mol. The molecule has 3 aliphatic carbocycles. The number of terminal acetylenes is 1. The molecule has 1 saturated carbocycles. The summed E-state index contributed by atoms with van der Waals surface area (Å²) in [6.45, 7) is 0. The number of ketones is 1. The highest BCUT2D eigenvalue weighted by Gasteiger charge is 2.50. The van der Waals surface area contributed by atoms with Crippen LogP contribution in [-0.4, -0.2) is 5.78 Å². The Morgan fingerprint density at radius 2 is 2.15 bits per heavy atom. The van der Waals surface area contributed by atoms with E-state index in [1.807, 2.05) is 6.08 Å². The highest BCUT2D eigenvalue weighted by Crippen LogP contribution is 2.52. The fourth-order valence-electron chi connectivity index (χ4n) is 3.03. The largest absolute Gasteiger partial charge is 0.293 e. The number of rotatable bonds is 0. The first-order valence-electron chi connectivity index (χ1n) is 4.72. The highest BCUT2D eigenvalue weighted by atomic mass is 16.1. The van der Waals surface area contributed by atoms with Crippen molar-refractivity contribution < 1.29 is 4.79 Å². The van der Waals surface area contributed by atoms with Gasteiger partial charge < -0.3 is 0 Å². The average Bonchev–Trinajstić information content (AvgIpc) is 2.76. The van der Waals surface area contributed by atoms with Crippen molar-refractivity contribution in [2.24, 2.45) is 23.7 Å². The molecular formula is C12H10O. The highest BCUT2D eigenvalue weighted by molar-refractivity contribution is 6.04. The average molecular weight is 170 g/mol. The van der Waals surface area contributed by atoms with Crippen LogP contribution in [0, 0.1) is 36.0 Å². The van der Waals surface area contributed by atoms with Crippen LogP contribution < -0.4 is 0 Å². The Morgan fingerprint density at radius 1 is 1.38 bits per heavy atom. The molecule has 1 fully saturated rings. The summed E-state index contributed by atoms with van der Waals surface area (Å²) in [5, 5.41) is 0. The maximum Gasteiger partial charge on any atom is 0.175 e. The van der Waals surface area contributed by atoms with Gasteiger partial charge >= 0.3 is 0 Å². The van der Waals surface area contributed by atoms with Crippen LogP contribution in [0.5, 0.6) is 0 Å². The van der Waals surface area contributed by atoms with Gasteiger partial charge in [-0.15, -0.1) is 6.42 Å². The smallest absolute Gasteiger partial charge is 0.175 e. The molecule has 0 amide bonds. The molecular weight excluding hydrogens is 160 g/mol. The van der Waals surface area contributed by atoms with Gasteiger partial charge in [-0.25, -0.2) is 0 Å². The molecule has 2 bridgehead atoms. The third-order valence-corrected chi connectivity index (χ3v) is 3.60. The molecule has 4 unspecified atom stereocenters. The van der Waals surface area contributed by atoms with Crippen molar-refractivity contribution in [1.29, 1.82) is 0 Å². The van der Waals surface area contributed by atoms with E-state index in [9.17, 15) is 4.79 Å². The standard InChI is InChI=1S/C12H10O/c1-2-7-6-10-8-3-4-9(5-8)11(10)12(7)13/h1,3-4,6,8-11H,5H2. The van der Waals surface area contributed by atoms with Crippen molar-refractivity contribution in [3.63, 3.8) is 0 Å². The molecule has 1 nitrogen and oxygen atoms in total. The summed E-state index contributed by atoms with van der Waals surface area (Å²) in [6.07, 6.45) is 12.9. The van der Waals surface area contributed by atoms with E-state index in [2.05, 4.69) is 18.1 Å². The zero-order valence-corrected chi connectivity index (χ0v) is 7.23. The lowest BCUT2D eigenvalue weighted by atomic mass is 9.85. The van der Waals surface area contributed by atoms with Crippen LogP contribution >= 0.6 is 0 Å². The monoisotopic (exact) mass is 170 g/mol. The number of carbonyl (C=O) groups is 1. The zero-order chi connectivity index (χ0) is 9.00. The predicted octanol–water partition coefficient (Wildman–Crippen LogP) is 1.57. The normalized spacial score (nSPS) is 44.8. The molecule has 1 heteroatoms. The molecule has 3 rings (SSSR count). The summed E-state index contributed by atoms with van der Waals surface area (Å²) in [5.41, 5.74) is 0.619. The van der Waals surface area contributed by atoms with E-state index in [1.54, 1.807) is 0 Å². The maximum atomic E-state index is 11.8. The van der Waals surface area contributed by atoms with Gasteiger partial charge in [0, 0.05) is 5.92 Å². The third kappa shape index (κ3) is 0.715. The summed E-state index contributed by atoms with van der Waals surface area (Å²) >= 11 is 0. The third-order valence-electron chi connectivity index (χ3n) is 3.60. The molecule has 0 N–H and O–H groups in total.